The molecule has 0 spiro atoms. The molecule has 1 unspecified atom stereocenters. The number of thioether (sulfide) groups is 2. The Hall–Kier alpha value is -5.89. The van der Waals surface area contributed by atoms with Crippen LogP contribution in [-0.2, 0) is 62.0 Å². The summed E-state index contributed by atoms with van der Waals surface area (Å²) in [7, 11) is 0. The maximum Gasteiger partial charge on any atom is 0.332 e. The number of nitrogens with one attached hydrogen (secondary N) is 1. The zero-order chi connectivity index (χ0) is 51.0. The fourth-order valence-electron chi connectivity index (χ4n) is 10.5. The number of benzene rings is 2. The number of esters is 6. The molecule has 3 heterocycles. The molecule has 9 rings (SSSR count). The van der Waals surface area contributed by atoms with E-state index in [-0.39, 0.29) is 73.8 Å². The summed E-state index contributed by atoms with van der Waals surface area (Å²) in [4.78, 5) is 94.2. The van der Waals surface area contributed by atoms with Gasteiger partial charge in [0.05, 0.1) is 49.9 Å². The van der Waals surface area contributed by atoms with Crippen molar-refractivity contribution in [2.75, 3.05) is 13.6 Å². The normalized spacial score (nSPS) is 27.5. The molecule has 2 aromatic rings. The van der Waals surface area contributed by atoms with Crippen LogP contribution in [0.15, 0.2) is 93.7 Å². The van der Waals surface area contributed by atoms with Crippen LogP contribution in [0.2, 0.25) is 0 Å². The number of fused-ring (bicyclic) bond motifs is 3. The van der Waals surface area contributed by atoms with E-state index < -0.39 is 35.7 Å². The molecule has 1 amide bonds. The predicted octanol–water partition coefficient (Wildman–Crippen LogP) is 8.59. The second-order valence-corrected chi connectivity index (χ2v) is 21.6. The molecular formula is C54H60N2O15S2. The Morgan fingerprint density at radius 2 is 0.986 bits per heavy atom. The van der Waals surface area contributed by atoms with Crippen LogP contribution in [0.4, 0.5) is 0 Å². The minimum atomic E-state index is -0.550. The summed E-state index contributed by atoms with van der Waals surface area (Å²) in [6, 6.07) is 7.29. The fraction of sp³-hybridized carbons (Fsp3) is 0.500. The lowest BCUT2D eigenvalue weighted by Crippen LogP contribution is -2.33. The van der Waals surface area contributed by atoms with Crippen molar-refractivity contribution >= 4 is 76.0 Å². The number of rotatable bonds is 16. The van der Waals surface area contributed by atoms with Crippen LogP contribution in [-0.4, -0.2) is 90.8 Å². The van der Waals surface area contributed by atoms with Gasteiger partial charge in [-0.1, -0.05) is 67.0 Å². The van der Waals surface area contributed by atoms with Crippen LogP contribution in [0.3, 0.4) is 0 Å². The maximum absolute atomic E-state index is 14.2. The lowest BCUT2D eigenvalue weighted by molar-refractivity contribution is -0.165. The van der Waals surface area contributed by atoms with E-state index in [1.165, 1.54) is 23.5 Å². The summed E-state index contributed by atoms with van der Waals surface area (Å²) >= 11 is 2.57. The first-order chi connectivity index (χ1) is 35.5. The summed E-state index contributed by atoms with van der Waals surface area (Å²) < 4.78 is 46.4. The molecule has 73 heavy (non-hydrogen) atoms. The SMILES string of the molecule is C=CC(=O)OCOC1CCC(OC(=O)C2CCC(C(=O)Oc3c4c(c(OC(=O)C5CCC(C(=O)OC6CCC(OCOC(=O)C=C)CC6)CC5)c5ccccc35)SC(=C3NC5C=CC=CN5C3=O)S4)CC2)CC1. The third-order valence-electron chi connectivity index (χ3n) is 14.7. The number of hydrogen-bond acceptors (Lipinski definition) is 18. The predicted molar refractivity (Wildman–Crippen MR) is 266 cm³/mol. The highest BCUT2D eigenvalue weighted by molar-refractivity contribution is 8.24. The second-order valence-electron chi connectivity index (χ2n) is 19.3. The van der Waals surface area contributed by atoms with E-state index in [0.717, 1.165) is 12.2 Å². The summed E-state index contributed by atoms with van der Waals surface area (Å²) in [6.07, 6.45) is 17.2. The highest BCUT2D eigenvalue weighted by Gasteiger charge is 2.42. The molecule has 1 N–H and O–H groups in total. The van der Waals surface area contributed by atoms with Crippen LogP contribution in [0.25, 0.3) is 10.8 Å². The lowest BCUT2D eigenvalue weighted by atomic mass is 9.82. The van der Waals surface area contributed by atoms with Crippen molar-refractivity contribution in [1.82, 2.24) is 10.2 Å². The van der Waals surface area contributed by atoms with Gasteiger partial charge < -0.3 is 43.2 Å². The molecular weight excluding hydrogens is 981 g/mol. The zero-order valence-corrected chi connectivity index (χ0v) is 42.1. The van der Waals surface area contributed by atoms with Crippen molar-refractivity contribution in [3.8, 4) is 11.5 Å². The van der Waals surface area contributed by atoms with Crippen molar-refractivity contribution in [3.63, 3.8) is 0 Å². The Labute approximate surface area is 431 Å². The quantitative estimate of drug-likeness (QED) is 0.0549. The molecule has 2 aromatic carbocycles. The highest BCUT2D eigenvalue weighted by atomic mass is 32.2. The van der Waals surface area contributed by atoms with E-state index >= 15 is 0 Å². The van der Waals surface area contributed by atoms with E-state index in [9.17, 15) is 33.6 Å². The lowest BCUT2D eigenvalue weighted by Gasteiger charge is -2.31. The Morgan fingerprint density at radius 1 is 0.575 bits per heavy atom. The third-order valence-corrected chi connectivity index (χ3v) is 17.3. The first-order valence-corrected chi connectivity index (χ1v) is 26.9. The Morgan fingerprint density at radius 3 is 1.40 bits per heavy atom. The average Bonchev–Trinajstić information content (AvgIpc) is 4.01. The number of carbonyl (C=O) groups excluding carboxylic acids is 7. The third kappa shape index (κ3) is 12.4. The van der Waals surface area contributed by atoms with Gasteiger partial charge in [0.1, 0.15) is 24.1 Å². The molecule has 17 nitrogen and oxygen atoms in total. The Kier molecular flexibility index (Phi) is 17.1. The van der Waals surface area contributed by atoms with Crippen LogP contribution in [0.1, 0.15) is 103 Å². The largest absolute Gasteiger partial charge is 0.462 e. The summed E-state index contributed by atoms with van der Waals surface area (Å²) in [5, 5.41) is 4.45. The molecule has 4 aliphatic carbocycles. The first kappa shape index (κ1) is 52.0. The van der Waals surface area contributed by atoms with Gasteiger partial charge in [0.15, 0.2) is 25.1 Å². The highest BCUT2D eigenvalue weighted by Crippen LogP contribution is 2.62. The molecule has 0 radical (unpaired) electrons. The van der Waals surface area contributed by atoms with Gasteiger partial charge in [-0.15, -0.1) is 0 Å². The molecule has 1 saturated heterocycles. The number of carbonyl (C=O) groups is 7. The van der Waals surface area contributed by atoms with Gasteiger partial charge in [0.2, 0.25) is 0 Å². The maximum atomic E-state index is 14.2. The van der Waals surface area contributed by atoms with Gasteiger partial charge >= 0.3 is 35.8 Å². The van der Waals surface area contributed by atoms with Crippen LogP contribution >= 0.6 is 23.5 Å². The van der Waals surface area contributed by atoms with Gasteiger partial charge in [-0.3, -0.25) is 28.9 Å². The van der Waals surface area contributed by atoms with Gasteiger partial charge in [0, 0.05) is 29.1 Å². The van der Waals surface area contributed by atoms with Gasteiger partial charge in [0.25, 0.3) is 5.91 Å². The second kappa shape index (κ2) is 24.0. The summed E-state index contributed by atoms with van der Waals surface area (Å²) in [6.45, 7) is 6.45. The van der Waals surface area contributed by atoms with Crippen LogP contribution in [0, 0.1) is 23.7 Å². The number of ether oxygens (including phenoxy) is 8. The van der Waals surface area contributed by atoms with Crippen molar-refractivity contribution in [1.29, 1.82) is 0 Å². The van der Waals surface area contributed by atoms with Crippen molar-refractivity contribution in [2.45, 2.75) is 143 Å². The molecule has 7 aliphatic rings. The van der Waals surface area contributed by atoms with Crippen molar-refractivity contribution < 1.29 is 71.5 Å². The van der Waals surface area contributed by atoms with Gasteiger partial charge in [-0.25, -0.2) is 9.59 Å². The Bertz CT molecular complexity index is 2430. The minimum Gasteiger partial charge on any atom is -0.462 e. The van der Waals surface area contributed by atoms with Gasteiger partial charge in [-0.2, -0.15) is 0 Å². The standard InChI is InChI=1S/C54H60N2O15S2/c1-3-42(57)66-29-64-35-20-24-37(25-21-35)68-50(60)31-12-16-33(17-13-31)52(62)70-45-39-9-5-6-10-40(39)46(48-47(45)72-54(73-48)44-49(59)56-28-8-7-11-41(56)55-44)71-53(63)34-18-14-32(15-19-34)51(61)69-38-26-22-36(23-27-38)65-30-67-43(58)4-2/h3-11,28,31-38,41,55H,1-2,12-27,29-30H2. The summed E-state index contributed by atoms with van der Waals surface area (Å²) in [5.41, 5.74) is 0.377. The molecule has 19 heteroatoms. The smallest absolute Gasteiger partial charge is 0.332 e. The summed E-state index contributed by atoms with van der Waals surface area (Å²) in [5.74, 6) is -3.77. The molecule has 5 fully saturated rings. The number of hydrogen-bond donors (Lipinski definition) is 1. The number of amides is 1. The molecule has 1 atom stereocenters. The van der Waals surface area contributed by atoms with E-state index in [2.05, 4.69) is 18.5 Å². The van der Waals surface area contributed by atoms with E-state index in [4.69, 9.17) is 37.9 Å². The van der Waals surface area contributed by atoms with Gasteiger partial charge in [-0.05, 0) is 115 Å². The molecule has 4 saturated carbocycles. The topological polar surface area (TPSA) is 209 Å². The van der Waals surface area contributed by atoms with E-state index in [0.29, 0.717) is 145 Å². The fourth-order valence-corrected chi connectivity index (χ4v) is 13.1. The first-order valence-electron chi connectivity index (χ1n) is 25.2. The van der Waals surface area contributed by atoms with E-state index in [1.807, 2.05) is 36.4 Å². The molecule has 0 bridgehead atoms. The number of nitrogens with zero attached hydrogens (tertiary/aromatic N) is 1. The van der Waals surface area contributed by atoms with Crippen molar-refractivity contribution in [3.05, 3.63) is 83.9 Å². The Balaban J connectivity index is 0.839. The minimum absolute atomic E-state index is 0.0928. The molecule has 388 valence electrons. The average molecular weight is 1040 g/mol. The molecule has 0 aromatic heterocycles. The number of allylic oxidation sites excluding steroid dienone is 2. The van der Waals surface area contributed by atoms with E-state index in [1.54, 1.807) is 17.2 Å². The van der Waals surface area contributed by atoms with Crippen LogP contribution < -0.4 is 14.8 Å². The molecule has 3 aliphatic heterocycles. The van der Waals surface area contributed by atoms with Crippen LogP contribution in [0.5, 0.6) is 11.5 Å². The van der Waals surface area contributed by atoms with Crippen molar-refractivity contribution in [2.24, 2.45) is 23.7 Å². The zero-order valence-electron chi connectivity index (χ0n) is 40.5. The monoisotopic (exact) mass is 1040 g/mol.